The Labute approximate surface area is 159 Å². The first-order chi connectivity index (χ1) is 12.9. The minimum atomic E-state index is -1.42. The van der Waals surface area contributed by atoms with E-state index in [9.17, 15) is 39.6 Å². The molecule has 0 spiro atoms. The molecule has 8 heteroatoms. The van der Waals surface area contributed by atoms with Gasteiger partial charge >= 0.3 is 23.9 Å². The normalized spacial score (nSPS) is 10.6. The molecule has 0 bridgehead atoms. The molecule has 2 aromatic carbocycles. The molecule has 0 fully saturated rings. The largest absolute Gasteiger partial charge is 0.478 e. The number of benzene rings is 2. The minimum Gasteiger partial charge on any atom is -0.478 e. The van der Waals surface area contributed by atoms with Crippen LogP contribution in [0.1, 0.15) is 63.7 Å². The van der Waals surface area contributed by atoms with Gasteiger partial charge < -0.3 is 20.4 Å². The van der Waals surface area contributed by atoms with Crippen molar-refractivity contribution in [2.45, 2.75) is 27.7 Å². The first kappa shape index (κ1) is 20.6. The third kappa shape index (κ3) is 3.20. The first-order valence-corrected chi connectivity index (χ1v) is 8.12. The zero-order valence-corrected chi connectivity index (χ0v) is 15.6. The van der Waals surface area contributed by atoms with E-state index in [0.717, 1.165) is 0 Å². The van der Waals surface area contributed by atoms with Crippen LogP contribution in [0.25, 0.3) is 11.1 Å². The van der Waals surface area contributed by atoms with E-state index in [2.05, 4.69) is 0 Å². The van der Waals surface area contributed by atoms with Gasteiger partial charge in [-0.2, -0.15) is 0 Å². The molecule has 0 atom stereocenters. The van der Waals surface area contributed by atoms with E-state index < -0.39 is 35.0 Å². The van der Waals surface area contributed by atoms with E-state index >= 15 is 0 Å². The molecule has 2 aromatic rings. The Morgan fingerprint density at radius 1 is 0.536 bits per heavy atom. The lowest BCUT2D eigenvalue weighted by atomic mass is 9.84. The molecule has 0 heterocycles. The monoisotopic (exact) mass is 386 g/mol. The van der Waals surface area contributed by atoms with Crippen LogP contribution in [0.4, 0.5) is 0 Å². The molecule has 0 aliphatic carbocycles. The second-order valence-corrected chi connectivity index (χ2v) is 6.45. The van der Waals surface area contributed by atoms with Gasteiger partial charge in [-0.05, 0) is 61.1 Å². The van der Waals surface area contributed by atoms with E-state index in [-0.39, 0.29) is 33.4 Å². The molecule has 0 aliphatic rings. The molecule has 0 unspecified atom stereocenters. The molecular formula is C20H18O8. The van der Waals surface area contributed by atoms with E-state index in [1.807, 2.05) is 0 Å². The SMILES string of the molecule is Cc1cc(-c2cc(C)c(C(=O)O)c(C(=O)O)c2C)c(C)c(C(=O)O)c1C(=O)O. The molecule has 8 nitrogen and oxygen atoms in total. The van der Waals surface area contributed by atoms with Gasteiger partial charge in [0, 0.05) is 0 Å². The second-order valence-electron chi connectivity index (χ2n) is 6.45. The lowest BCUT2D eigenvalue weighted by molar-refractivity contribution is 0.0650. The summed E-state index contributed by atoms with van der Waals surface area (Å²) in [6.45, 7) is 5.77. The van der Waals surface area contributed by atoms with Crippen molar-refractivity contribution in [2.75, 3.05) is 0 Å². The molecule has 4 N–H and O–H groups in total. The Hall–Kier alpha value is -3.68. The number of hydrogen-bond donors (Lipinski definition) is 4. The molecular weight excluding hydrogens is 368 g/mol. The van der Waals surface area contributed by atoms with Crippen molar-refractivity contribution < 1.29 is 39.6 Å². The van der Waals surface area contributed by atoms with Gasteiger partial charge in [-0.15, -0.1) is 0 Å². The van der Waals surface area contributed by atoms with Crippen molar-refractivity contribution in [2.24, 2.45) is 0 Å². The number of aryl methyl sites for hydroxylation is 2. The number of carboxylic acid groups (broad SMARTS) is 4. The number of aromatic carboxylic acids is 4. The third-order valence-corrected chi connectivity index (χ3v) is 4.71. The zero-order valence-electron chi connectivity index (χ0n) is 15.6. The summed E-state index contributed by atoms with van der Waals surface area (Å²) in [5.41, 5.74) is -0.108. The highest BCUT2D eigenvalue weighted by Crippen LogP contribution is 2.36. The maximum atomic E-state index is 11.7. The number of rotatable bonds is 5. The fraction of sp³-hybridized carbons (Fsp3) is 0.200. The average molecular weight is 386 g/mol. The van der Waals surface area contributed by atoms with Gasteiger partial charge in [0.2, 0.25) is 0 Å². The molecule has 0 saturated heterocycles. The maximum Gasteiger partial charge on any atom is 0.336 e. The van der Waals surface area contributed by atoms with Gasteiger partial charge in [0.25, 0.3) is 0 Å². The molecule has 0 aliphatic heterocycles. The van der Waals surface area contributed by atoms with Crippen LogP contribution in [0.3, 0.4) is 0 Å². The smallest absolute Gasteiger partial charge is 0.336 e. The second kappa shape index (κ2) is 7.15. The lowest BCUT2D eigenvalue weighted by Gasteiger charge is -2.19. The summed E-state index contributed by atoms with van der Waals surface area (Å²) in [7, 11) is 0. The van der Waals surface area contributed by atoms with Crippen LogP contribution in [0, 0.1) is 27.7 Å². The van der Waals surface area contributed by atoms with Crippen molar-refractivity contribution in [3.63, 3.8) is 0 Å². The van der Waals surface area contributed by atoms with Gasteiger partial charge in [0.05, 0.1) is 22.3 Å². The summed E-state index contributed by atoms with van der Waals surface area (Å²) in [6.07, 6.45) is 0. The minimum absolute atomic E-state index is 0.150. The summed E-state index contributed by atoms with van der Waals surface area (Å²) in [6, 6.07) is 2.94. The molecule has 2 rings (SSSR count). The summed E-state index contributed by atoms with van der Waals surface area (Å²) < 4.78 is 0. The van der Waals surface area contributed by atoms with Crippen LogP contribution in [0.15, 0.2) is 12.1 Å². The molecule has 0 amide bonds. The van der Waals surface area contributed by atoms with Crippen molar-refractivity contribution in [1.82, 2.24) is 0 Å². The van der Waals surface area contributed by atoms with E-state index in [1.165, 1.54) is 39.8 Å². The quantitative estimate of drug-likeness (QED) is 0.611. The fourth-order valence-corrected chi connectivity index (χ4v) is 3.48. The topological polar surface area (TPSA) is 149 Å². The standard InChI is InChI=1S/C20H18O8/c1-7-5-11(9(3)15(19(25)26)13(7)17(21)22)12-6-8(2)14(18(23)24)16(10(12)4)20(27)28/h5-6H,1-4H3,(H,21,22)(H,23,24)(H,25,26)(H,27,28). The highest BCUT2D eigenvalue weighted by atomic mass is 16.4. The van der Waals surface area contributed by atoms with Crippen molar-refractivity contribution in [1.29, 1.82) is 0 Å². The Morgan fingerprint density at radius 2 is 0.786 bits per heavy atom. The van der Waals surface area contributed by atoms with Gasteiger partial charge in [-0.25, -0.2) is 19.2 Å². The van der Waals surface area contributed by atoms with Crippen molar-refractivity contribution in [3.05, 3.63) is 56.6 Å². The molecule has 0 saturated carbocycles. The zero-order chi connectivity index (χ0) is 21.5. The molecule has 0 radical (unpaired) electrons. The predicted molar refractivity (Wildman–Crippen MR) is 98.7 cm³/mol. The average Bonchev–Trinajstić information content (AvgIpc) is 2.56. The third-order valence-electron chi connectivity index (χ3n) is 4.71. The molecule has 0 aromatic heterocycles. The van der Waals surface area contributed by atoms with E-state index in [4.69, 9.17) is 0 Å². The van der Waals surface area contributed by atoms with Crippen LogP contribution in [-0.2, 0) is 0 Å². The number of carboxylic acids is 4. The van der Waals surface area contributed by atoms with Crippen LogP contribution in [0.2, 0.25) is 0 Å². The van der Waals surface area contributed by atoms with Gasteiger partial charge in [0.1, 0.15) is 0 Å². The van der Waals surface area contributed by atoms with Gasteiger partial charge in [-0.3, -0.25) is 0 Å². The lowest BCUT2D eigenvalue weighted by Crippen LogP contribution is -2.15. The predicted octanol–water partition coefficient (Wildman–Crippen LogP) is 3.38. The van der Waals surface area contributed by atoms with Crippen molar-refractivity contribution >= 4 is 23.9 Å². The number of hydrogen-bond acceptors (Lipinski definition) is 4. The van der Waals surface area contributed by atoms with Crippen LogP contribution in [0.5, 0.6) is 0 Å². The number of carbonyl (C=O) groups is 4. The van der Waals surface area contributed by atoms with Crippen LogP contribution >= 0.6 is 0 Å². The Kier molecular flexibility index (Phi) is 5.27. The molecule has 146 valence electrons. The van der Waals surface area contributed by atoms with E-state index in [1.54, 1.807) is 0 Å². The van der Waals surface area contributed by atoms with Gasteiger partial charge in [-0.1, -0.05) is 12.1 Å². The molecule has 28 heavy (non-hydrogen) atoms. The Balaban J connectivity index is 3.02. The summed E-state index contributed by atoms with van der Waals surface area (Å²) in [5.74, 6) is -5.61. The van der Waals surface area contributed by atoms with E-state index in [0.29, 0.717) is 11.1 Å². The summed E-state index contributed by atoms with van der Waals surface area (Å²) >= 11 is 0. The van der Waals surface area contributed by atoms with Crippen LogP contribution < -0.4 is 0 Å². The summed E-state index contributed by atoms with van der Waals surface area (Å²) in [4.78, 5) is 46.5. The Bertz CT molecular complexity index is 977. The Morgan fingerprint density at radius 3 is 1.00 bits per heavy atom. The highest BCUT2D eigenvalue weighted by Gasteiger charge is 2.28. The first-order valence-electron chi connectivity index (χ1n) is 8.12. The van der Waals surface area contributed by atoms with Crippen molar-refractivity contribution in [3.8, 4) is 11.1 Å². The highest BCUT2D eigenvalue weighted by molar-refractivity contribution is 6.07. The summed E-state index contributed by atoms with van der Waals surface area (Å²) in [5, 5.41) is 37.9. The van der Waals surface area contributed by atoms with Gasteiger partial charge in [0.15, 0.2) is 0 Å². The van der Waals surface area contributed by atoms with Crippen LogP contribution in [-0.4, -0.2) is 44.3 Å². The maximum absolute atomic E-state index is 11.7. The fourth-order valence-electron chi connectivity index (χ4n) is 3.48.